The van der Waals surface area contributed by atoms with E-state index in [0.717, 1.165) is 0 Å². The Morgan fingerprint density at radius 2 is 2.16 bits per heavy atom. The number of nitrogens with zero attached hydrogens (tertiary/aromatic N) is 1. The average molecular weight is 346 g/mol. The molecule has 7 nitrogen and oxygen atoms in total. The van der Waals surface area contributed by atoms with Gasteiger partial charge in [-0.25, -0.2) is 9.87 Å². The molecule has 130 valence electrons. The van der Waals surface area contributed by atoms with Crippen LogP contribution in [0.1, 0.15) is 15.9 Å². The highest BCUT2D eigenvalue weighted by Gasteiger charge is 2.27. The lowest BCUT2D eigenvalue weighted by Gasteiger charge is -2.29. The van der Waals surface area contributed by atoms with Gasteiger partial charge in [0.2, 0.25) is 0 Å². The number of hydrogen-bond donors (Lipinski definition) is 2. The predicted octanol–water partition coefficient (Wildman–Crippen LogP) is 1.88. The Morgan fingerprint density at radius 3 is 2.84 bits per heavy atom. The normalized spacial score (nSPS) is 13.1. The minimum Gasteiger partial charge on any atom is -0.494 e. The lowest BCUT2D eigenvalue weighted by Crippen LogP contribution is -2.38. The van der Waals surface area contributed by atoms with E-state index >= 15 is 0 Å². The second-order valence-corrected chi connectivity index (χ2v) is 5.36. The van der Waals surface area contributed by atoms with E-state index in [1.165, 1.54) is 47.8 Å². The molecule has 0 unspecified atom stereocenters. The molecule has 0 aromatic heterocycles. The van der Waals surface area contributed by atoms with Gasteiger partial charge in [0, 0.05) is 5.56 Å². The molecule has 2 aromatic carbocycles. The van der Waals surface area contributed by atoms with Gasteiger partial charge < -0.3 is 14.4 Å². The number of halogens is 1. The molecule has 8 heteroatoms. The minimum absolute atomic E-state index is 0.0975. The molecule has 1 aliphatic rings. The van der Waals surface area contributed by atoms with Gasteiger partial charge in [0.05, 0.1) is 19.3 Å². The lowest BCUT2D eigenvalue weighted by molar-refractivity contribution is -0.121. The van der Waals surface area contributed by atoms with Gasteiger partial charge in [0.25, 0.3) is 11.8 Å². The highest BCUT2D eigenvalue weighted by Crippen LogP contribution is 2.34. The number of nitrogens with one attached hydrogen (secondary N) is 1. The Labute approximate surface area is 142 Å². The molecule has 0 saturated carbocycles. The highest BCUT2D eigenvalue weighted by molar-refractivity contribution is 6.01. The zero-order chi connectivity index (χ0) is 18.0. The quantitative estimate of drug-likeness (QED) is 0.652. The fourth-order valence-corrected chi connectivity index (χ4v) is 2.57. The summed E-state index contributed by atoms with van der Waals surface area (Å²) >= 11 is 0. The molecule has 0 bridgehead atoms. The fourth-order valence-electron chi connectivity index (χ4n) is 2.57. The summed E-state index contributed by atoms with van der Waals surface area (Å²) in [5.41, 5.74) is 2.62. The molecule has 0 saturated heterocycles. The predicted molar refractivity (Wildman–Crippen MR) is 85.3 cm³/mol. The van der Waals surface area contributed by atoms with Crippen LogP contribution in [0.4, 0.5) is 10.1 Å². The number of ether oxygens (including phenoxy) is 2. The Hall–Kier alpha value is -3.13. The van der Waals surface area contributed by atoms with E-state index in [1.54, 1.807) is 6.07 Å². The Kier molecular flexibility index (Phi) is 4.53. The molecule has 3 rings (SSSR count). The molecule has 1 aliphatic heterocycles. The first-order chi connectivity index (χ1) is 12.0. The van der Waals surface area contributed by atoms with Crippen molar-refractivity contribution in [1.29, 1.82) is 0 Å². The van der Waals surface area contributed by atoms with E-state index in [9.17, 15) is 14.0 Å². The lowest BCUT2D eigenvalue weighted by atomic mass is 10.1. The number of methoxy groups -OCH3 is 1. The standard InChI is InChI=1S/C17H15FN2O5/c1-24-14-4-2-10(6-12(14)18)8-20-13-7-11(17(22)19-23)3-5-15(13)25-9-16(20)21/h2-7,23H,8-9H2,1H3,(H,19,22). The van der Waals surface area contributed by atoms with E-state index in [0.29, 0.717) is 17.0 Å². The molecule has 2 aromatic rings. The summed E-state index contributed by atoms with van der Waals surface area (Å²) in [5, 5.41) is 8.76. The van der Waals surface area contributed by atoms with Crippen LogP contribution in [0.15, 0.2) is 36.4 Å². The van der Waals surface area contributed by atoms with E-state index < -0.39 is 11.7 Å². The molecular weight excluding hydrogens is 331 g/mol. The topological polar surface area (TPSA) is 88.1 Å². The second kappa shape index (κ2) is 6.78. The summed E-state index contributed by atoms with van der Waals surface area (Å²) in [6.45, 7) is -0.0581. The first kappa shape index (κ1) is 16.7. The van der Waals surface area contributed by atoms with Crippen LogP contribution in [0.5, 0.6) is 11.5 Å². The molecule has 2 N–H and O–H groups in total. The van der Waals surface area contributed by atoms with Gasteiger partial charge in [-0.15, -0.1) is 0 Å². The van der Waals surface area contributed by atoms with Crippen molar-refractivity contribution in [3.8, 4) is 11.5 Å². The average Bonchev–Trinajstić information content (AvgIpc) is 2.63. The van der Waals surface area contributed by atoms with Crippen molar-refractivity contribution in [1.82, 2.24) is 5.48 Å². The smallest absolute Gasteiger partial charge is 0.274 e. The van der Waals surface area contributed by atoms with Gasteiger partial charge in [0.1, 0.15) is 5.75 Å². The molecular formula is C17H15FN2O5. The second-order valence-electron chi connectivity index (χ2n) is 5.36. The highest BCUT2D eigenvalue weighted by atomic mass is 19.1. The molecule has 0 spiro atoms. The molecule has 25 heavy (non-hydrogen) atoms. The number of rotatable bonds is 4. The maximum atomic E-state index is 13.9. The van der Waals surface area contributed by atoms with E-state index in [2.05, 4.69) is 0 Å². The molecule has 0 aliphatic carbocycles. The van der Waals surface area contributed by atoms with Crippen LogP contribution >= 0.6 is 0 Å². The number of hydrogen-bond acceptors (Lipinski definition) is 5. The number of carbonyl (C=O) groups excluding carboxylic acids is 2. The Bertz CT molecular complexity index is 840. The fraction of sp³-hybridized carbons (Fsp3) is 0.176. The molecule has 0 fully saturated rings. The third-order valence-corrected chi connectivity index (χ3v) is 3.82. The van der Waals surface area contributed by atoms with Crippen molar-refractivity contribution < 1.29 is 28.7 Å². The first-order valence-corrected chi connectivity index (χ1v) is 7.37. The molecule has 1 heterocycles. The van der Waals surface area contributed by atoms with Crippen molar-refractivity contribution >= 4 is 17.5 Å². The molecule has 0 atom stereocenters. The Morgan fingerprint density at radius 1 is 1.36 bits per heavy atom. The number of carbonyl (C=O) groups is 2. The number of amides is 2. The van der Waals surface area contributed by atoms with E-state index in [1.807, 2.05) is 0 Å². The van der Waals surface area contributed by atoms with Crippen molar-refractivity contribution in [2.24, 2.45) is 0 Å². The van der Waals surface area contributed by atoms with Crippen LogP contribution in [-0.2, 0) is 11.3 Å². The maximum Gasteiger partial charge on any atom is 0.274 e. The van der Waals surface area contributed by atoms with Crippen molar-refractivity contribution in [2.75, 3.05) is 18.6 Å². The Balaban J connectivity index is 1.95. The summed E-state index contributed by atoms with van der Waals surface area (Å²) in [6.07, 6.45) is 0. The first-order valence-electron chi connectivity index (χ1n) is 7.37. The number of anilines is 1. The van der Waals surface area contributed by atoms with Crippen molar-refractivity contribution in [3.05, 3.63) is 53.3 Å². The van der Waals surface area contributed by atoms with Crippen molar-refractivity contribution in [2.45, 2.75) is 6.54 Å². The zero-order valence-electron chi connectivity index (χ0n) is 13.3. The van der Waals surface area contributed by atoms with Crippen LogP contribution in [-0.4, -0.2) is 30.7 Å². The van der Waals surface area contributed by atoms with Gasteiger partial charge >= 0.3 is 0 Å². The van der Waals surface area contributed by atoms with Crippen LogP contribution in [0.3, 0.4) is 0 Å². The third kappa shape index (κ3) is 3.24. The van der Waals surface area contributed by atoms with E-state index in [-0.39, 0.29) is 30.4 Å². The largest absolute Gasteiger partial charge is 0.494 e. The van der Waals surface area contributed by atoms with Crippen LogP contribution < -0.4 is 19.9 Å². The van der Waals surface area contributed by atoms with E-state index in [4.69, 9.17) is 14.7 Å². The number of benzene rings is 2. The monoisotopic (exact) mass is 346 g/mol. The van der Waals surface area contributed by atoms with Gasteiger partial charge in [-0.05, 0) is 35.9 Å². The summed E-state index contributed by atoms with van der Waals surface area (Å²) in [5.74, 6) is -1.04. The minimum atomic E-state index is -0.712. The summed E-state index contributed by atoms with van der Waals surface area (Å²) in [7, 11) is 1.37. The summed E-state index contributed by atoms with van der Waals surface area (Å²) in [6, 6.07) is 8.84. The number of fused-ring (bicyclic) bond motifs is 1. The van der Waals surface area contributed by atoms with Gasteiger partial charge in [-0.3, -0.25) is 14.8 Å². The summed E-state index contributed by atoms with van der Waals surface area (Å²) in [4.78, 5) is 25.2. The molecule has 2 amide bonds. The van der Waals surface area contributed by atoms with Crippen molar-refractivity contribution in [3.63, 3.8) is 0 Å². The number of hydroxylamine groups is 1. The van der Waals surface area contributed by atoms with Gasteiger partial charge in [0.15, 0.2) is 18.2 Å². The maximum absolute atomic E-state index is 13.9. The summed E-state index contributed by atoms with van der Waals surface area (Å²) < 4.78 is 24.1. The zero-order valence-corrected chi connectivity index (χ0v) is 13.3. The van der Waals surface area contributed by atoms with Gasteiger partial charge in [-0.1, -0.05) is 6.07 Å². The van der Waals surface area contributed by atoms with Crippen LogP contribution in [0.25, 0.3) is 0 Å². The van der Waals surface area contributed by atoms with Crippen LogP contribution in [0, 0.1) is 5.82 Å². The third-order valence-electron chi connectivity index (χ3n) is 3.82. The van der Waals surface area contributed by atoms with Crippen LogP contribution in [0.2, 0.25) is 0 Å². The molecule has 0 radical (unpaired) electrons. The SMILES string of the molecule is COc1ccc(CN2C(=O)COc3ccc(C(=O)NO)cc32)cc1F. The van der Waals surface area contributed by atoms with Gasteiger partial charge in [-0.2, -0.15) is 0 Å².